The van der Waals surface area contributed by atoms with Crippen molar-refractivity contribution in [2.24, 2.45) is 5.92 Å². The van der Waals surface area contributed by atoms with Gasteiger partial charge in [-0.3, -0.25) is 14.7 Å². The summed E-state index contributed by atoms with van der Waals surface area (Å²) >= 11 is 0. The molecule has 0 aromatic carbocycles. The summed E-state index contributed by atoms with van der Waals surface area (Å²) < 4.78 is 0. The van der Waals surface area contributed by atoms with E-state index in [9.17, 15) is 4.79 Å². The molecular weight excluding hydrogens is 314 g/mol. The molecule has 25 heavy (non-hydrogen) atoms. The van der Waals surface area contributed by atoms with Crippen LogP contribution in [0.2, 0.25) is 0 Å². The third-order valence-corrected chi connectivity index (χ3v) is 5.35. The van der Waals surface area contributed by atoms with E-state index in [1.807, 2.05) is 0 Å². The second kappa shape index (κ2) is 7.00. The first-order valence-corrected chi connectivity index (χ1v) is 9.32. The fourth-order valence-electron chi connectivity index (χ4n) is 4.63. The lowest BCUT2D eigenvalue weighted by Crippen LogP contribution is -2.62. The van der Waals surface area contributed by atoms with Gasteiger partial charge in [-0.2, -0.15) is 0 Å². The van der Waals surface area contributed by atoms with Gasteiger partial charge in [0.05, 0.1) is 6.20 Å². The molecule has 0 unspecified atom stereocenters. The molecule has 0 aliphatic carbocycles. The van der Waals surface area contributed by atoms with E-state index in [1.165, 1.54) is 19.0 Å². The van der Waals surface area contributed by atoms with Crippen LogP contribution >= 0.6 is 0 Å². The third kappa shape index (κ3) is 4.76. The van der Waals surface area contributed by atoms with Crippen molar-refractivity contribution in [2.75, 3.05) is 19.6 Å². The average molecular weight is 345 g/mol. The fraction of sp³-hybridized carbons (Fsp3) is 0.737. The summed E-state index contributed by atoms with van der Waals surface area (Å²) in [6, 6.07) is 0.618. The quantitative estimate of drug-likeness (QED) is 0.871. The van der Waals surface area contributed by atoms with Crippen LogP contribution < -0.4 is 10.6 Å². The van der Waals surface area contributed by atoms with Gasteiger partial charge in [-0.25, -0.2) is 4.98 Å². The van der Waals surface area contributed by atoms with Gasteiger partial charge in [0.15, 0.2) is 0 Å². The second-order valence-corrected chi connectivity index (χ2v) is 8.91. The minimum Gasteiger partial charge on any atom is -0.350 e. The van der Waals surface area contributed by atoms with Gasteiger partial charge < -0.3 is 10.6 Å². The van der Waals surface area contributed by atoms with E-state index in [4.69, 9.17) is 0 Å². The maximum atomic E-state index is 12.1. The third-order valence-electron chi connectivity index (χ3n) is 5.35. The molecule has 2 saturated heterocycles. The van der Waals surface area contributed by atoms with E-state index in [-0.39, 0.29) is 17.0 Å². The molecule has 0 radical (unpaired) electrons. The lowest BCUT2D eigenvalue weighted by molar-refractivity contribution is 0.0781. The van der Waals surface area contributed by atoms with E-state index in [1.54, 1.807) is 12.4 Å². The number of carbonyl (C=O) groups excluding carboxylic acids is 1. The highest BCUT2D eigenvalue weighted by Gasteiger charge is 2.41. The number of piperidine rings is 1. The molecule has 1 atom stereocenters. The zero-order valence-corrected chi connectivity index (χ0v) is 15.9. The van der Waals surface area contributed by atoms with Crippen molar-refractivity contribution < 1.29 is 4.79 Å². The van der Waals surface area contributed by atoms with Crippen molar-refractivity contribution in [2.45, 2.75) is 64.1 Å². The molecule has 6 nitrogen and oxygen atoms in total. The average Bonchev–Trinajstić information content (AvgIpc) is 2.99. The number of nitrogens with zero attached hydrogens (tertiary/aromatic N) is 3. The molecule has 2 aliphatic rings. The summed E-state index contributed by atoms with van der Waals surface area (Å²) in [6.45, 7) is 12.1. The lowest BCUT2D eigenvalue weighted by Gasteiger charge is -2.49. The van der Waals surface area contributed by atoms with Crippen molar-refractivity contribution in [1.82, 2.24) is 25.5 Å². The predicted molar refractivity (Wildman–Crippen MR) is 98.4 cm³/mol. The van der Waals surface area contributed by atoms with E-state index >= 15 is 0 Å². The minimum absolute atomic E-state index is 0.129. The molecule has 138 valence electrons. The Morgan fingerprint density at radius 3 is 2.64 bits per heavy atom. The van der Waals surface area contributed by atoms with Crippen LogP contribution in [-0.4, -0.2) is 57.5 Å². The van der Waals surface area contributed by atoms with E-state index < -0.39 is 0 Å². The molecule has 0 spiro atoms. The summed E-state index contributed by atoms with van der Waals surface area (Å²) in [5.74, 6) is 0.386. The van der Waals surface area contributed by atoms with Crippen molar-refractivity contribution in [3.8, 4) is 0 Å². The molecule has 2 N–H and O–H groups in total. The summed E-state index contributed by atoms with van der Waals surface area (Å²) in [6.07, 6.45) is 8.13. The highest BCUT2D eigenvalue weighted by Crippen LogP contribution is 2.33. The standard InChI is InChI=1S/C19H31N5O/c1-18(2)9-15(10-19(3,4)23-18)24-8-5-14(13-24)11-22-17(25)16-12-20-6-7-21-16/h6-7,12,14-15,23H,5,8-11,13H2,1-4H3,(H,22,25)/t14-/m1/s1. The Hall–Kier alpha value is -1.53. The van der Waals surface area contributed by atoms with Gasteiger partial charge in [0.25, 0.3) is 5.91 Å². The van der Waals surface area contributed by atoms with Crippen LogP contribution in [0.1, 0.15) is 57.4 Å². The summed E-state index contributed by atoms with van der Waals surface area (Å²) in [5, 5.41) is 6.77. The number of aromatic nitrogens is 2. The number of rotatable bonds is 4. The SMILES string of the molecule is CC1(C)CC(N2CC[C@H](CNC(=O)c3cnccn3)C2)CC(C)(C)N1. The molecule has 2 fully saturated rings. The minimum atomic E-state index is -0.129. The number of carbonyl (C=O) groups is 1. The summed E-state index contributed by atoms with van der Waals surface area (Å²) in [7, 11) is 0. The van der Waals surface area contributed by atoms with E-state index in [2.05, 4.69) is 53.2 Å². The van der Waals surface area contributed by atoms with Gasteiger partial charge in [0, 0.05) is 42.6 Å². The maximum Gasteiger partial charge on any atom is 0.271 e. The van der Waals surface area contributed by atoms with Crippen LogP contribution in [0.3, 0.4) is 0 Å². The first-order valence-electron chi connectivity index (χ1n) is 9.32. The molecular formula is C19H31N5O. The van der Waals surface area contributed by atoms with Gasteiger partial charge in [0.2, 0.25) is 0 Å². The van der Waals surface area contributed by atoms with Gasteiger partial charge in [0.1, 0.15) is 5.69 Å². The molecule has 2 aliphatic heterocycles. The normalized spacial score (nSPS) is 26.5. The number of nitrogens with one attached hydrogen (secondary N) is 2. The molecule has 3 heterocycles. The first-order chi connectivity index (χ1) is 11.7. The van der Waals surface area contributed by atoms with Crippen LogP contribution in [0.4, 0.5) is 0 Å². The molecule has 3 rings (SSSR count). The zero-order chi connectivity index (χ0) is 18.1. The Labute approximate surface area is 150 Å². The Balaban J connectivity index is 1.51. The van der Waals surface area contributed by atoms with Crippen molar-refractivity contribution in [1.29, 1.82) is 0 Å². The van der Waals surface area contributed by atoms with Gasteiger partial charge in [-0.1, -0.05) is 0 Å². The smallest absolute Gasteiger partial charge is 0.271 e. The monoisotopic (exact) mass is 345 g/mol. The van der Waals surface area contributed by atoms with Crippen LogP contribution in [0.15, 0.2) is 18.6 Å². The summed E-state index contributed by atoms with van der Waals surface area (Å²) in [5.41, 5.74) is 0.731. The Morgan fingerprint density at radius 1 is 1.28 bits per heavy atom. The fourth-order valence-corrected chi connectivity index (χ4v) is 4.63. The van der Waals surface area contributed by atoms with Gasteiger partial charge in [-0.15, -0.1) is 0 Å². The van der Waals surface area contributed by atoms with Gasteiger partial charge in [-0.05, 0) is 59.4 Å². The predicted octanol–water partition coefficient (Wildman–Crippen LogP) is 1.84. The Kier molecular flexibility index (Phi) is 5.11. The molecule has 0 saturated carbocycles. The van der Waals surface area contributed by atoms with Crippen LogP contribution in [-0.2, 0) is 0 Å². The molecule has 1 amide bonds. The lowest BCUT2D eigenvalue weighted by atomic mass is 9.79. The van der Waals surface area contributed by atoms with Gasteiger partial charge >= 0.3 is 0 Å². The van der Waals surface area contributed by atoms with E-state index in [0.29, 0.717) is 24.2 Å². The number of hydrogen-bond acceptors (Lipinski definition) is 5. The highest BCUT2D eigenvalue weighted by atomic mass is 16.1. The topological polar surface area (TPSA) is 70.2 Å². The van der Waals surface area contributed by atoms with Crippen molar-refractivity contribution >= 4 is 5.91 Å². The number of amides is 1. The van der Waals surface area contributed by atoms with E-state index in [0.717, 1.165) is 19.5 Å². The Bertz CT molecular complexity index is 585. The van der Waals surface area contributed by atoms with Crippen LogP contribution in [0.25, 0.3) is 0 Å². The second-order valence-electron chi connectivity index (χ2n) is 8.91. The first kappa shape index (κ1) is 18.3. The zero-order valence-electron chi connectivity index (χ0n) is 15.9. The van der Waals surface area contributed by atoms with Crippen LogP contribution in [0.5, 0.6) is 0 Å². The molecule has 1 aromatic rings. The Morgan fingerprint density at radius 2 is 2.00 bits per heavy atom. The number of hydrogen-bond donors (Lipinski definition) is 2. The summed E-state index contributed by atoms with van der Waals surface area (Å²) in [4.78, 5) is 22.7. The number of likely N-dealkylation sites (tertiary alicyclic amines) is 1. The van der Waals surface area contributed by atoms with Crippen molar-refractivity contribution in [3.05, 3.63) is 24.3 Å². The van der Waals surface area contributed by atoms with Crippen LogP contribution in [0, 0.1) is 5.92 Å². The largest absolute Gasteiger partial charge is 0.350 e. The molecule has 0 bridgehead atoms. The van der Waals surface area contributed by atoms with Crippen molar-refractivity contribution in [3.63, 3.8) is 0 Å². The highest BCUT2D eigenvalue weighted by molar-refractivity contribution is 5.91. The maximum absolute atomic E-state index is 12.1. The molecule has 6 heteroatoms. The molecule has 1 aromatic heterocycles.